The fourth-order valence-electron chi connectivity index (χ4n) is 3.47. The summed E-state index contributed by atoms with van der Waals surface area (Å²) in [7, 11) is 0. The molecular formula is C19H18N4O3. The highest BCUT2D eigenvalue weighted by Gasteiger charge is 2.30. The van der Waals surface area contributed by atoms with E-state index in [-0.39, 0.29) is 17.8 Å². The Kier molecular flexibility index (Phi) is 3.84. The first-order chi connectivity index (χ1) is 12.5. The predicted octanol–water partition coefficient (Wildman–Crippen LogP) is 2.85. The maximum Gasteiger partial charge on any atom is 0.269 e. The van der Waals surface area contributed by atoms with Crippen molar-refractivity contribution in [2.45, 2.75) is 19.5 Å². The first-order valence-electron chi connectivity index (χ1n) is 8.46. The van der Waals surface area contributed by atoms with E-state index in [0.717, 1.165) is 22.6 Å². The third-order valence-corrected chi connectivity index (χ3v) is 4.67. The average molecular weight is 350 g/mol. The lowest BCUT2D eigenvalue weighted by atomic mass is 10.1. The van der Waals surface area contributed by atoms with Crippen molar-refractivity contribution in [1.29, 1.82) is 0 Å². The molecule has 26 heavy (non-hydrogen) atoms. The highest BCUT2D eigenvalue weighted by Crippen LogP contribution is 2.34. The summed E-state index contributed by atoms with van der Waals surface area (Å²) in [5, 5.41) is 17.7. The quantitative estimate of drug-likeness (QED) is 0.642. The third-order valence-electron chi connectivity index (χ3n) is 4.67. The summed E-state index contributed by atoms with van der Waals surface area (Å²) in [6.07, 6.45) is 0.866. The number of benzene rings is 2. The number of nitro groups is 1. The van der Waals surface area contributed by atoms with E-state index in [2.05, 4.69) is 17.6 Å². The van der Waals surface area contributed by atoms with Crippen LogP contribution in [0.2, 0.25) is 0 Å². The van der Waals surface area contributed by atoms with Crippen LogP contribution < -0.4 is 15.5 Å². The maximum absolute atomic E-state index is 13.1. The van der Waals surface area contributed by atoms with Crippen LogP contribution in [0.25, 0.3) is 5.70 Å². The van der Waals surface area contributed by atoms with Crippen LogP contribution >= 0.6 is 0 Å². The standard InChI is InChI=1S/C19H18N4O3/c1-12-20-16-10-11-22(17-5-3-2-4-15(17)18(16)21-12)19(24)13-6-8-14(9-7-13)23(25)26/h2-9,12,20-21H,10-11H2,1H3. The van der Waals surface area contributed by atoms with E-state index in [1.54, 1.807) is 4.90 Å². The molecule has 2 N–H and O–H groups in total. The number of para-hydroxylation sites is 1. The second-order valence-corrected chi connectivity index (χ2v) is 6.39. The van der Waals surface area contributed by atoms with Gasteiger partial charge in [0.1, 0.15) is 0 Å². The van der Waals surface area contributed by atoms with Gasteiger partial charge >= 0.3 is 0 Å². The van der Waals surface area contributed by atoms with Gasteiger partial charge in [-0.25, -0.2) is 0 Å². The highest BCUT2D eigenvalue weighted by atomic mass is 16.6. The average Bonchev–Trinajstić information content (AvgIpc) is 2.95. The van der Waals surface area contributed by atoms with Crippen molar-refractivity contribution < 1.29 is 9.72 Å². The topological polar surface area (TPSA) is 87.5 Å². The monoisotopic (exact) mass is 350 g/mol. The second-order valence-electron chi connectivity index (χ2n) is 6.39. The highest BCUT2D eigenvalue weighted by molar-refractivity contribution is 6.08. The fourth-order valence-corrected chi connectivity index (χ4v) is 3.47. The number of carbonyl (C=O) groups is 1. The van der Waals surface area contributed by atoms with Gasteiger partial charge in [0.25, 0.3) is 11.6 Å². The molecule has 0 radical (unpaired) electrons. The second kappa shape index (κ2) is 6.18. The van der Waals surface area contributed by atoms with Crippen molar-refractivity contribution in [3.8, 4) is 0 Å². The van der Waals surface area contributed by atoms with Crippen LogP contribution in [0, 0.1) is 10.1 Å². The van der Waals surface area contributed by atoms with Crippen LogP contribution in [-0.2, 0) is 0 Å². The summed E-state index contributed by atoms with van der Waals surface area (Å²) in [5.41, 5.74) is 4.36. The van der Waals surface area contributed by atoms with Gasteiger partial charge in [0.15, 0.2) is 0 Å². The molecule has 2 aromatic carbocycles. The third kappa shape index (κ3) is 2.67. The first kappa shape index (κ1) is 16.1. The van der Waals surface area contributed by atoms with Crippen molar-refractivity contribution in [2.24, 2.45) is 0 Å². The molecule has 2 aliphatic rings. The molecular weight excluding hydrogens is 332 g/mol. The minimum absolute atomic E-state index is 0.0270. The van der Waals surface area contributed by atoms with E-state index in [9.17, 15) is 14.9 Å². The van der Waals surface area contributed by atoms with E-state index in [0.29, 0.717) is 18.5 Å². The summed E-state index contributed by atoms with van der Waals surface area (Å²) in [6.45, 7) is 2.59. The maximum atomic E-state index is 13.1. The van der Waals surface area contributed by atoms with Crippen molar-refractivity contribution in [3.63, 3.8) is 0 Å². The van der Waals surface area contributed by atoms with Gasteiger partial charge in [-0.2, -0.15) is 0 Å². The molecule has 0 aromatic heterocycles. The number of carbonyl (C=O) groups excluding carboxylic acids is 1. The molecule has 7 heteroatoms. The Morgan fingerprint density at radius 2 is 1.88 bits per heavy atom. The van der Waals surface area contributed by atoms with Gasteiger partial charge in [-0.3, -0.25) is 14.9 Å². The lowest BCUT2D eigenvalue weighted by molar-refractivity contribution is -0.384. The number of nitrogens with one attached hydrogen (secondary N) is 2. The zero-order chi connectivity index (χ0) is 18.3. The Labute approximate surface area is 150 Å². The summed E-state index contributed by atoms with van der Waals surface area (Å²) >= 11 is 0. The molecule has 2 aromatic rings. The summed E-state index contributed by atoms with van der Waals surface area (Å²) in [5.74, 6) is -0.165. The SMILES string of the molecule is CC1NC2=C(N1)c1ccccc1N(C(=O)c1ccc([N+](=O)[O-])cc1)CC2. The van der Waals surface area contributed by atoms with E-state index < -0.39 is 4.92 Å². The van der Waals surface area contributed by atoms with E-state index in [1.807, 2.05) is 24.3 Å². The number of nitro benzene ring substituents is 1. The van der Waals surface area contributed by atoms with Gasteiger partial charge in [0, 0.05) is 41.9 Å². The summed E-state index contributed by atoms with van der Waals surface area (Å²) in [4.78, 5) is 25.2. The Balaban J connectivity index is 1.70. The Bertz CT molecular complexity index is 921. The van der Waals surface area contributed by atoms with Crippen LogP contribution in [0.5, 0.6) is 0 Å². The van der Waals surface area contributed by atoms with Crippen molar-refractivity contribution in [2.75, 3.05) is 11.4 Å². The number of nitrogens with zero attached hydrogens (tertiary/aromatic N) is 2. The van der Waals surface area contributed by atoms with Crippen LogP contribution in [0.3, 0.4) is 0 Å². The smallest absolute Gasteiger partial charge is 0.269 e. The molecule has 7 nitrogen and oxygen atoms in total. The number of non-ortho nitro benzene ring substituents is 1. The molecule has 1 unspecified atom stereocenters. The zero-order valence-electron chi connectivity index (χ0n) is 14.2. The predicted molar refractivity (Wildman–Crippen MR) is 98.5 cm³/mol. The fraction of sp³-hybridized carbons (Fsp3) is 0.211. The van der Waals surface area contributed by atoms with E-state index >= 15 is 0 Å². The van der Waals surface area contributed by atoms with E-state index in [4.69, 9.17) is 0 Å². The molecule has 1 atom stereocenters. The number of amides is 1. The van der Waals surface area contributed by atoms with Gasteiger partial charge in [-0.15, -0.1) is 0 Å². The van der Waals surface area contributed by atoms with Crippen molar-refractivity contribution in [3.05, 3.63) is 75.5 Å². The molecule has 2 aliphatic heterocycles. The van der Waals surface area contributed by atoms with Gasteiger partial charge in [-0.05, 0) is 25.1 Å². The minimum Gasteiger partial charge on any atom is -0.367 e. The lowest BCUT2D eigenvalue weighted by Gasteiger charge is -2.24. The molecule has 1 amide bonds. The van der Waals surface area contributed by atoms with E-state index in [1.165, 1.54) is 24.3 Å². The number of fused-ring (bicyclic) bond motifs is 2. The molecule has 0 saturated carbocycles. The summed E-state index contributed by atoms with van der Waals surface area (Å²) in [6, 6.07) is 13.5. The molecule has 0 fully saturated rings. The zero-order valence-corrected chi connectivity index (χ0v) is 14.2. The van der Waals surface area contributed by atoms with Crippen LogP contribution in [0.1, 0.15) is 29.3 Å². The van der Waals surface area contributed by atoms with Crippen molar-refractivity contribution >= 4 is 23.0 Å². The molecule has 0 bridgehead atoms. The van der Waals surface area contributed by atoms with Crippen LogP contribution in [0.4, 0.5) is 11.4 Å². The van der Waals surface area contributed by atoms with Crippen LogP contribution in [0.15, 0.2) is 54.2 Å². The minimum atomic E-state index is -0.470. The molecule has 0 saturated heterocycles. The van der Waals surface area contributed by atoms with Crippen LogP contribution in [-0.4, -0.2) is 23.5 Å². The van der Waals surface area contributed by atoms with Gasteiger partial charge < -0.3 is 15.5 Å². The molecule has 132 valence electrons. The van der Waals surface area contributed by atoms with Gasteiger partial charge in [0.2, 0.25) is 0 Å². The molecule has 0 aliphatic carbocycles. The first-order valence-corrected chi connectivity index (χ1v) is 8.46. The number of rotatable bonds is 2. The lowest BCUT2D eigenvalue weighted by Crippen LogP contribution is -2.35. The number of hydrogen-bond donors (Lipinski definition) is 2. The number of anilines is 1. The Hall–Kier alpha value is -3.35. The van der Waals surface area contributed by atoms with Gasteiger partial charge in [-0.1, -0.05) is 18.2 Å². The normalized spacial score (nSPS) is 18.3. The Morgan fingerprint density at radius 3 is 2.62 bits per heavy atom. The largest absolute Gasteiger partial charge is 0.367 e. The summed E-state index contributed by atoms with van der Waals surface area (Å²) < 4.78 is 0. The molecule has 2 heterocycles. The Morgan fingerprint density at radius 1 is 1.15 bits per heavy atom. The van der Waals surface area contributed by atoms with Gasteiger partial charge in [0.05, 0.1) is 22.5 Å². The molecule has 4 rings (SSSR count). The van der Waals surface area contributed by atoms with Crippen molar-refractivity contribution in [1.82, 2.24) is 10.6 Å². The molecule has 0 spiro atoms. The number of hydrogen-bond acceptors (Lipinski definition) is 5.